The first-order chi connectivity index (χ1) is 7.58. The van der Waals surface area contributed by atoms with Gasteiger partial charge in [-0.15, -0.1) is 0 Å². The number of carbonyl (C=O) groups excluding carboxylic acids is 1. The summed E-state index contributed by atoms with van der Waals surface area (Å²) in [6.07, 6.45) is 0. The van der Waals surface area contributed by atoms with Gasteiger partial charge in [-0.1, -0.05) is 17.7 Å². The molecule has 16 heavy (non-hydrogen) atoms. The van der Waals surface area contributed by atoms with Crippen LogP contribution in [-0.4, -0.2) is 48.9 Å². The molecule has 0 radical (unpaired) electrons. The van der Waals surface area contributed by atoms with Crippen LogP contribution in [0.15, 0.2) is 24.3 Å². The Balaban J connectivity index is 1.97. The number of nitrogens with zero attached hydrogens (tertiary/aromatic N) is 2. The predicted octanol–water partition coefficient (Wildman–Crippen LogP) is 1.38. The summed E-state index contributed by atoms with van der Waals surface area (Å²) in [5.41, 5.74) is 1.98. The SMILES string of the molecule is Cc1ccc(C(=O)N2CC(N(C)C)C2)cc1. The summed E-state index contributed by atoms with van der Waals surface area (Å²) in [7, 11) is 4.11. The lowest BCUT2D eigenvalue weighted by Gasteiger charge is -2.42. The molecule has 0 aliphatic carbocycles. The van der Waals surface area contributed by atoms with Crippen LogP contribution in [0, 0.1) is 6.92 Å². The maximum atomic E-state index is 12.0. The lowest BCUT2D eigenvalue weighted by molar-refractivity contribution is 0.0399. The smallest absolute Gasteiger partial charge is 0.253 e. The second kappa shape index (κ2) is 4.26. The van der Waals surface area contributed by atoms with Crippen LogP contribution in [0.3, 0.4) is 0 Å². The number of likely N-dealkylation sites (N-methyl/N-ethyl adjacent to an activating group) is 1. The second-order valence-corrected chi connectivity index (χ2v) is 4.69. The van der Waals surface area contributed by atoms with Crippen LogP contribution in [0.1, 0.15) is 15.9 Å². The summed E-state index contributed by atoms with van der Waals surface area (Å²) in [5.74, 6) is 0.151. The Labute approximate surface area is 96.7 Å². The van der Waals surface area contributed by atoms with Crippen LogP contribution < -0.4 is 0 Å². The van der Waals surface area contributed by atoms with Gasteiger partial charge in [-0.2, -0.15) is 0 Å². The third-order valence-corrected chi connectivity index (χ3v) is 3.18. The van der Waals surface area contributed by atoms with Crippen molar-refractivity contribution in [2.45, 2.75) is 13.0 Å². The Hall–Kier alpha value is -1.35. The lowest BCUT2D eigenvalue weighted by Crippen LogP contribution is -2.59. The van der Waals surface area contributed by atoms with Crippen LogP contribution in [0.2, 0.25) is 0 Å². The van der Waals surface area contributed by atoms with Crippen molar-refractivity contribution in [1.29, 1.82) is 0 Å². The van der Waals surface area contributed by atoms with Crippen LogP contribution in [0.25, 0.3) is 0 Å². The first-order valence-electron chi connectivity index (χ1n) is 5.60. The molecule has 3 heteroatoms. The van der Waals surface area contributed by atoms with Gasteiger partial charge in [-0.25, -0.2) is 0 Å². The number of hydrogen-bond acceptors (Lipinski definition) is 2. The second-order valence-electron chi connectivity index (χ2n) is 4.69. The normalized spacial score (nSPS) is 16.4. The molecule has 0 saturated carbocycles. The molecule has 0 bridgehead atoms. The predicted molar refractivity (Wildman–Crippen MR) is 64.6 cm³/mol. The van der Waals surface area contributed by atoms with Gasteiger partial charge in [-0.3, -0.25) is 4.79 Å². The highest BCUT2D eigenvalue weighted by Crippen LogP contribution is 2.16. The Morgan fingerprint density at radius 2 is 1.81 bits per heavy atom. The molecule has 86 valence electrons. The molecule has 0 spiro atoms. The van der Waals surface area contributed by atoms with Crippen molar-refractivity contribution >= 4 is 5.91 Å². The minimum absolute atomic E-state index is 0.151. The molecule has 1 saturated heterocycles. The number of likely N-dealkylation sites (tertiary alicyclic amines) is 1. The van der Waals surface area contributed by atoms with E-state index in [2.05, 4.69) is 19.0 Å². The molecule has 1 heterocycles. The molecule has 1 aromatic carbocycles. The van der Waals surface area contributed by atoms with E-state index in [1.54, 1.807) is 0 Å². The Morgan fingerprint density at radius 3 is 2.31 bits per heavy atom. The largest absolute Gasteiger partial charge is 0.335 e. The van der Waals surface area contributed by atoms with Gasteiger partial charge in [0.05, 0.1) is 0 Å². The van der Waals surface area contributed by atoms with E-state index >= 15 is 0 Å². The highest BCUT2D eigenvalue weighted by molar-refractivity contribution is 5.94. The van der Waals surface area contributed by atoms with Crippen molar-refractivity contribution in [3.8, 4) is 0 Å². The number of aryl methyl sites for hydroxylation is 1. The topological polar surface area (TPSA) is 23.6 Å². The van der Waals surface area contributed by atoms with Crippen molar-refractivity contribution in [2.75, 3.05) is 27.2 Å². The molecule has 1 fully saturated rings. The van der Waals surface area contributed by atoms with Gasteiger partial charge in [0.2, 0.25) is 0 Å². The molecule has 1 amide bonds. The van der Waals surface area contributed by atoms with E-state index in [9.17, 15) is 4.79 Å². The maximum absolute atomic E-state index is 12.0. The molecule has 1 aliphatic heterocycles. The molecule has 0 aromatic heterocycles. The van der Waals surface area contributed by atoms with Crippen LogP contribution in [0.5, 0.6) is 0 Å². The summed E-state index contributed by atoms with van der Waals surface area (Å²) in [5, 5.41) is 0. The molecule has 2 rings (SSSR count). The van der Waals surface area contributed by atoms with Gasteiger partial charge in [0.25, 0.3) is 5.91 Å². The van der Waals surface area contributed by atoms with E-state index in [4.69, 9.17) is 0 Å². The Kier molecular flexibility index (Phi) is 2.97. The number of benzene rings is 1. The molecular weight excluding hydrogens is 200 g/mol. The zero-order chi connectivity index (χ0) is 11.7. The van der Waals surface area contributed by atoms with Gasteiger partial charge in [0.15, 0.2) is 0 Å². The molecule has 0 atom stereocenters. The van der Waals surface area contributed by atoms with Crippen LogP contribution in [-0.2, 0) is 0 Å². The average Bonchev–Trinajstić information content (AvgIpc) is 2.15. The number of amides is 1. The zero-order valence-electron chi connectivity index (χ0n) is 10.1. The molecule has 3 nitrogen and oxygen atoms in total. The zero-order valence-corrected chi connectivity index (χ0v) is 10.1. The number of rotatable bonds is 2. The van der Waals surface area contributed by atoms with Gasteiger partial charge in [0.1, 0.15) is 0 Å². The van der Waals surface area contributed by atoms with Crippen LogP contribution in [0.4, 0.5) is 0 Å². The van der Waals surface area contributed by atoms with Crippen molar-refractivity contribution < 1.29 is 4.79 Å². The average molecular weight is 218 g/mol. The summed E-state index contributed by atoms with van der Waals surface area (Å²) in [6, 6.07) is 8.29. The summed E-state index contributed by atoms with van der Waals surface area (Å²) < 4.78 is 0. The molecular formula is C13H18N2O. The fourth-order valence-corrected chi connectivity index (χ4v) is 1.83. The summed E-state index contributed by atoms with van der Waals surface area (Å²) in [4.78, 5) is 16.1. The van der Waals surface area contributed by atoms with Crippen molar-refractivity contribution in [1.82, 2.24) is 9.80 Å². The van der Waals surface area contributed by atoms with Crippen molar-refractivity contribution in [3.63, 3.8) is 0 Å². The Morgan fingerprint density at radius 1 is 1.25 bits per heavy atom. The van der Waals surface area contributed by atoms with Gasteiger partial charge < -0.3 is 9.80 Å². The fraction of sp³-hybridized carbons (Fsp3) is 0.462. The van der Waals surface area contributed by atoms with Gasteiger partial charge in [0, 0.05) is 24.7 Å². The fourth-order valence-electron chi connectivity index (χ4n) is 1.83. The van der Waals surface area contributed by atoms with Gasteiger partial charge in [-0.05, 0) is 33.2 Å². The minimum atomic E-state index is 0.151. The third kappa shape index (κ3) is 2.09. The van der Waals surface area contributed by atoms with Crippen molar-refractivity contribution in [2.24, 2.45) is 0 Å². The molecule has 1 aromatic rings. The van der Waals surface area contributed by atoms with E-state index in [0.717, 1.165) is 18.7 Å². The highest BCUT2D eigenvalue weighted by Gasteiger charge is 2.32. The van der Waals surface area contributed by atoms with E-state index in [-0.39, 0.29) is 5.91 Å². The number of hydrogen-bond donors (Lipinski definition) is 0. The summed E-state index contributed by atoms with van der Waals surface area (Å²) >= 11 is 0. The summed E-state index contributed by atoms with van der Waals surface area (Å²) in [6.45, 7) is 3.72. The van der Waals surface area contributed by atoms with E-state index in [1.807, 2.05) is 36.1 Å². The van der Waals surface area contributed by atoms with Gasteiger partial charge >= 0.3 is 0 Å². The van der Waals surface area contributed by atoms with Crippen molar-refractivity contribution in [3.05, 3.63) is 35.4 Å². The number of carbonyl (C=O) groups is 1. The van der Waals surface area contributed by atoms with E-state index in [0.29, 0.717) is 6.04 Å². The Bertz CT molecular complexity index is 377. The maximum Gasteiger partial charge on any atom is 0.253 e. The monoisotopic (exact) mass is 218 g/mol. The molecule has 0 N–H and O–H groups in total. The minimum Gasteiger partial charge on any atom is -0.335 e. The van der Waals surface area contributed by atoms with Crippen LogP contribution >= 0.6 is 0 Å². The molecule has 1 aliphatic rings. The third-order valence-electron chi connectivity index (χ3n) is 3.18. The lowest BCUT2D eigenvalue weighted by atomic mass is 10.1. The highest BCUT2D eigenvalue weighted by atomic mass is 16.2. The quantitative estimate of drug-likeness (QED) is 0.748. The van der Waals surface area contributed by atoms with E-state index < -0.39 is 0 Å². The standard InChI is InChI=1S/C13H18N2O/c1-10-4-6-11(7-5-10)13(16)15-8-12(9-15)14(2)3/h4-7,12H,8-9H2,1-3H3. The van der Waals surface area contributed by atoms with E-state index in [1.165, 1.54) is 5.56 Å². The first kappa shape index (κ1) is 11.1. The molecule has 0 unspecified atom stereocenters. The first-order valence-corrected chi connectivity index (χ1v) is 5.60.